The highest BCUT2D eigenvalue weighted by Gasteiger charge is 2.31. The first-order chi connectivity index (χ1) is 9.49. The molecule has 0 saturated heterocycles. The van der Waals surface area contributed by atoms with Crippen LogP contribution in [0.5, 0.6) is 0 Å². The van der Waals surface area contributed by atoms with Crippen molar-refractivity contribution in [2.24, 2.45) is 4.40 Å². The molecule has 2 aromatic rings. The van der Waals surface area contributed by atoms with Gasteiger partial charge >= 0.3 is 0 Å². The van der Waals surface area contributed by atoms with Crippen molar-refractivity contribution >= 4 is 15.7 Å². The van der Waals surface area contributed by atoms with Crippen LogP contribution >= 0.6 is 0 Å². The number of hydrogen-bond acceptors (Lipinski definition) is 2. The summed E-state index contributed by atoms with van der Waals surface area (Å²) in [6, 6.07) is 15.1. The largest absolute Gasteiger partial charge is 0.283 e. The van der Waals surface area contributed by atoms with Gasteiger partial charge in [0.2, 0.25) is 0 Å². The molecule has 1 aliphatic rings. The van der Waals surface area contributed by atoms with Crippen molar-refractivity contribution in [1.29, 1.82) is 0 Å². The number of sulfonamides is 1. The summed E-state index contributed by atoms with van der Waals surface area (Å²) in [5.41, 5.74) is 3.61. The summed E-state index contributed by atoms with van der Waals surface area (Å²) in [6.07, 6.45) is 0. The van der Waals surface area contributed by atoms with Crippen molar-refractivity contribution in [2.45, 2.75) is 24.7 Å². The van der Waals surface area contributed by atoms with Crippen LogP contribution in [-0.4, -0.2) is 14.1 Å². The van der Waals surface area contributed by atoms with E-state index in [1.54, 1.807) is 12.1 Å². The molecule has 20 heavy (non-hydrogen) atoms. The van der Waals surface area contributed by atoms with Gasteiger partial charge in [0.1, 0.15) is 0 Å². The fourth-order valence-corrected chi connectivity index (χ4v) is 3.77. The Hall–Kier alpha value is -1.94. The van der Waals surface area contributed by atoms with E-state index in [1.807, 2.05) is 50.2 Å². The molecule has 3 rings (SSSR count). The summed E-state index contributed by atoms with van der Waals surface area (Å²) in [5.74, 6) is -0.0472. The average molecular weight is 285 g/mol. The Balaban J connectivity index is 2.10. The summed E-state index contributed by atoms with van der Waals surface area (Å²) in [7, 11) is -3.53. The predicted octanol–water partition coefficient (Wildman–Crippen LogP) is 3.29. The van der Waals surface area contributed by atoms with E-state index in [1.165, 1.54) is 5.56 Å². The number of fused-ring (bicyclic) bond motifs is 1. The first-order valence-electron chi connectivity index (χ1n) is 6.50. The van der Waals surface area contributed by atoms with Gasteiger partial charge in [-0.05, 0) is 18.6 Å². The van der Waals surface area contributed by atoms with Crippen molar-refractivity contribution in [1.82, 2.24) is 0 Å². The smallest absolute Gasteiger partial charge is 0.199 e. The summed E-state index contributed by atoms with van der Waals surface area (Å²) >= 11 is 0. The molecule has 0 N–H and O–H groups in total. The zero-order valence-electron chi connectivity index (χ0n) is 11.4. The highest BCUT2D eigenvalue weighted by atomic mass is 32.2. The second-order valence-corrected chi connectivity index (χ2v) is 6.65. The molecule has 1 heterocycles. The van der Waals surface area contributed by atoms with E-state index in [0.29, 0.717) is 10.6 Å². The highest BCUT2D eigenvalue weighted by molar-refractivity contribution is 7.90. The zero-order chi connectivity index (χ0) is 14.3. The first-order valence-corrected chi connectivity index (χ1v) is 7.94. The monoisotopic (exact) mass is 285 g/mol. The SMILES string of the molecule is Cc1ccc(C(C)C2=NS(=O)(=O)c3ccccc32)cc1. The van der Waals surface area contributed by atoms with E-state index in [-0.39, 0.29) is 5.92 Å². The van der Waals surface area contributed by atoms with Gasteiger partial charge in [-0.3, -0.25) is 0 Å². The minimum absolute atomic E-state index is 0.0472. The fourth-order valence-electron chi connectivity index (χ4n) is 2.46. The molecular formula is C16H15NO2S. The van der Waals surface area contributed by atoms with Gasteiger partial charge in [0.05, 0.1) is 10.6 Å². The van der Waals surface area contributed by atoms with E-state index in [9.17, 15) is 8.42 Å². The fraction of sp³-hybridized carbons (Fsp3) is 0.188. The quantitative estimate of drug-likeness (QED) is 0.850. The molecule has 0 radical (unpaired) electrons. The number of nitrogens with zero attached hydrogens (tertiary/aromatic N) is 1. The molecule has 2 aromatic carbocycles. The summed E-state index contributed by atoms with van der Waals surface area (Å²) in [5, 5.41) is 0. The lowest BCUT2D eigenvalue weighted by Gasteiger charge is -2.12. The molecule has 102 valence electrons. The number of hydrogen-bond donors (Lipinski definition) is 0. The Bertz CT molecular complexity index is 789. The number of rotatable bonds is 2. The van der Waals surface area contributed by atoms with Crippen LogP contribution < -0.4 is 0 Å². The van der Waals surface area contributed by atoms with Gasteiger partial charge in [-0.25, -0.2) is 0 Å². The molecular weight excluding hydrogens is 270 g/mol. The lowest BCUT2D eigenvalue weighted by molar-refractivity contribution is 0.599. The number of benzene rings is 2. The predicted molar refractivity (Wildman–Crippen MR) is 79.8 cm³/mol. The van der Waals surface area contributed by atoms with Crippen molar-refractivity contribution < 1.29 is 8.42 Å². The highest BCUT2D eigenvalue weighted by Crippen LogP contribution is 2.32. The van der Waals surface area contributed by atoms with Crippen LogP contribution in [-0.2, 0) is 10.0 Å². The Morgan fingerprint density at radius 3 is 2.35 bits per heavy atom. The van der Waals surface area contributed by atoms with Crippen LogP contribution in [0.15, 0.2) is 57.8 Å². The molecule has 3 nitrogen and oxygen atoms in total. The van der Waals surface area contributed by atoms with Gasteiger partial charge in [-0.2, -0.15) is 12.8 Å². The van der Waals surface area contributed by atoms with Gasteiger partial charge < -0.3 is 0 Å². The van der Waals surface area contributed by atoms with Crippen LogP contribution in [0.3, 0.4) is 0 Å². The Morgan fingerprint density at radius 2 is 1.65 bits per heavy atom. The Kier molecular flexibility index (Phi) is 2.98. The van der Waals surface area contributed by atoms with Crippen molar-refractivity contribution in [3.8, 4) is 0 Å². The van der Waals surface area contributed by atoms with Gasteiger partial charge in [0.25, 0.3) is 10.0 Å². The molecule has 0 aliphatic carbocycles. The van der Waals surface area contributed by atoms with Crippen molar-refractivity contribution in [3.05, 3.63) is 65.2 Å². The number of aryl methyl sites for hydroxylation is 1. The molecule has 0 aromatic heterocycles. The summed E-state index contributed by atoms with van der Waals surface area (Å²) in [6.45, 7) is 4.02. The molecule has 1 unspecified atom stereocenters. The standard InChI is InChI=1S/C16H15NO2S/c1-11-7-9-13(10-8-11)12(2)16-14-5-3-4-6-15(14)20(18,19)17-16/h3-10,12H,1-2H3. The first kappa shape index (κ1) is 13.1. The van der Waals surface area contributed by atoms with Gasteiger partial charge in [0, 0.05) is 11.5 Å². The van der Waals surface area contributed by atoms with Gasteiger partial charge in [-0.15, -0.1) is 0 Å². The lowest BCUT2D eigenvalue weighted by Crippen LogP contribution is -2.09. The normalized spacial score (nSPS) is 17.4. The second kappa shape index (κ2) is 4.56. The van der Waals surface area contributed by atoms with Crippen LogP contribution in [0.2, 0.25) is 0 Å². The van der Waals surface area contributed by atoms with Crippen molar-refractivity contribution in [2.75, 3.05) is 0 Å². The molecule has 1 atom stereocenters. The van der Waals surface area contributed by atoms with E-state index in [0.717, 1.165) is 11.1 Å². The zero-order valence-corrected chi connectivity index (χ0v) is 12.2. The summed E-state index contributed by atoms with van der Waals surface area (Å²) in [4.78, 5) is 0.314. The van der Waals surface area contributed by atoms with Crippen LogP contribution in [0.1, 0.15) is 29.5 Å². The van der Waals surface area contributed by atoms with E-state index in [2.05, 4.69) is 4.40 Å². The van der Waals surface area contributed by atoms with E-state index in [4.69, 9.17) is 0 Å². The van der Waals surface area contributed by atoms with Gasteiger partial charge in [0.15, 0.2) is 0 Å². The molecule has 1 aliphatic heterocycles. The topological polar surface area (TPSA) is 46.5 Å². The third-order valence-electron chi connectivity index (χ3n) is 3.65. The molecule has 0 bridgehead atoms. The van der Waals surface area contributed by atoms with Gasteiger partial charge in [-0.1, -0.05) is 55.0 Å². The van der Waals surface area contributed by atoms with Crippen LogP contribution in [0, 0.1) is 6.92 Å². The summed E-state index contributed by atoms with van der Waals surface area (Å²) < 4.78 is 28.1. The molecule has 0 spiro atoms. The molecule has 0 fully saturated rings. The van der Waals surface area contributed by atoms with E-state index >= 15 is 0 Å². The molecule has 0 amide bonds. The average Bonchev–Trinajstić information content (AvgIpc) is 2.72. The lowest BCUT2D eigenvalue weighted by atomic mass is 9.91. The minimum atomic E-state index is -3.53. The molecule has 4 heteroatoms. The third-order valence-corrected chi connectivity index (χ3v) is 5.00. The van der Waals surface area contributed by atoms with Crippen molar-refractivity contribution in [3.63, 3.8) is 0 Å². The maximum atomic E-state index is 12.1. The van der Waals surface area contributed by atoms with Crippen LogP contribution in [0.4, 0.5) is 0 Å². The maximum absolute atomic E-state index is 12.1. The second-order valence-electron chi connectivity index (χ2n) is 5.08. The maximum Gasteiger partial charge on any atom is 0.283 e. The third kappa shape index (κ3) is 2.06. The Morgan fingerprint density at radius 1 is 1.00 bits per heavy atom. The Labute approximate surface area is 119 Å². The molecule has 0 saturated carbocycles. The van der Waals surface area contributed by atoms with Crippen LogP contribution in [0.25, 0.3) is 0 Å². The minimum Gasteiger partial charge on any atom is -0.199 e. The van der Waals surface area contributed by atoms with E-state index < -0.39 is 10.0 Å².